The van der Waals surface area contributed by atoms with Crippen LogP contribution in [-0.2, 0) is 13.7 Å². The second kappa shape index (κ2) is 9.74. The fraction of sp³-hybridized carbons (Fsp3) is 0.964. The van der Waals surface area contributed by atoms with Gasteiger partial charge in [-0.2, -0.15) is 0 Å². The average molecular weight is 540 g/mol. The number of hydrogen-bond acceptors (Lipinski definition) is 6. The molecule has 0 heterocycles. The van der Waals surface area contributed by atoms with Crippen LogP contribution in [-0.4, -0.2) is 64.1 Å². The summed E-state index contributed by atoms with van der Waals surface area (Å²) in [5.41, 5.74) is 0.180. The molecule has 0 aromatic rings. The first-order chi connectivity index (χ1) is 16.6. The summed E-state index contributed by atoms with van der Waals surface area (Å²) in [5.74, 6) is 1.76. The molecule has 4 aliphatic carbocycles. The number of fused-ring (bicyclic) bond motifs is 5. The Morgan fingerprint density at radius 2 is 1.64 bits per heavy atom. The Hall–Kier alpha value is -0.256. The lowest BCUT2D eigenvalue weighted by atomic mass is 9.43. The van der Waals surface area contributed by atoms with Crippen molar-refractivity contribution in [3.63, 3.8) is 0 Å². The van der Waals surface area contributed by atoms with Crippen molar-refractivity contribution in [3.05, 3.63) is 0 Å². The third-order valence-electron chi connectivity index (χ3n) is 10.5. The van der Waals surface area contributed by atoms with Gasteiger partial charge in [0.1, 0.15) is 18.4 Å². The van der Waals surface area contributed by atoms with Gasteiger partial charge in [-0.1, -0.05) is 19.0 Å². The maximum Gasteiger partial charge on any atom is 0.185 e. The number of oxime groups is 1. The van der Waals surface area contributed by atoms with Gasteiger partial charge in [-0.05, 0) is 120 Å². The molecule has 0 bridgehead atoms. The Bertz CT molecular complexity index is 841. The monoisotopic (exact) mass is 539 g/mol. The summed E-state index contributed by atoms with van der Waals surface area (Å²) < 4.78 is 13.7. The van der Waals surface area contributed by atoms with Gasteiger partial charge in [0.15, 0.2) is 16.6 Å². The van der Waals surface area contributed by atoms with Crippen LogP contribution in [0, 0.1) is 34.5 Å². The van der Waals surface area contributed by atoms with Crippen LogP contribution in [0.1, 0.15) is 65.2 Å². The van der Waals surface area contributed by atoms with Gasteiger partial charge in [-0.25, -0.2) is 0 Å². The highest BCUT2D eigenvalue weighted by Crippen LogP contribution is 2.69. The first-order valence-electron chi connectivity index (χ1n) is 14.4. The van der Waals surface area contributed by atoms with Gasteiger partial charge < -0.3 is 23.9 Å². The number of rotatable bonds is 7. The van der Waals surface area contributed by atoms with E-state index in [0.29, 0.717) is 30.3 Å². The lowest BCUT2D eigenvalue weighted by Gasteiger charge is -2.63. The Labute approximate surface area is 221 Å². The number of hydrogen-bond donors (Lipinski definition) is 2. The average Bonchev–Trinajstić information content (AvgIpc) is 3.01. The minimum Gasteiger partial charge on any atom is -0.412 e. The highest BCUT2D eigenvalue weighted by Gasteiger charge is 2.69. The molecule has 208 valence electrons. The van der Waals surface area contributed by atoms with Crippen molar-refractivity contribution in [2.45, 2.75) is 122 Å². The van der Waals surface area contributed by atoms with E-state index in [0.717, 1.165) is 57.1 Å². The molecule has 4 saturated carbocycles. The van der Waals surface area contributed by atoms with Gasteiger partial charge in [0, 0.05) is 5.41 Å². The van der Waals surface area contributed by atoms with Crippen LogP contribution < -0.4 is 0 Å². The Morgan fingerprint density at radius 1 is 0.944 bits per heavy atom. The first-order valence-corrected chi connectivity index (χ1v) is 21.2. The fourth-order valence-corrected chi connectivity index (χ4v) is 11.3. The summed E-state index contributed by atoms with van der Waals surface area (Å²) in [7, 11) is -2.16. The highest BCUT2D eigenvalue weighted by molar-refractivity contribution is 6.70. The summed E-state index contributed by atoms with van der Waals surface area (Å²) in [4.78, 5) is 5.45. The van der Waals surface area contributed by atoms with Crippen molar-refractivity contribution in [2.24, 2.45) is 39.7 Å². The molecule has 4 fully saturated rings. The Balaban J connectivity index is 1.74. The van der Waals surface area contributed by atoms with Crippen molar-refractivity contribution in [1.82, 2.24) is 0 Å². The van der Waals surface area contributed by atoms with E-state index in [1.165, 1.54) is 0 Å². The summed E-state index contributed by atoms with van der Waals surface area (Å²) in [5, 5.41) is 27.0. The normalized spacial score (nSPS) is 45.6. The van der Waals surface area contributed by atoms with Crippen molar-refractivity contribution >= 4 is 22.3 Å². The number of aliphatic hydroxyl groups is 2. The van der Waals surface area contributed by atoms with E-state index in [1.807, 2.05) is 0 Å². The van der Waals surface area contributed by atoms with Crippen molar-refractivity contribution < 1.29 is 23.9 Å². The van der Waals surface area contributed by atoms with Gasteiger partial charge in [-0.15, -0.1) is 0 Å². The van der Waals surface area contributed by atoms with Gasteiger partial charge in [0.25, 0.3) is 0 Å². The zero-order chi connectivity index (χ0) is 26.7. The van der Waals surface area contributed by atoms with E-state index in [4.69, 9.17) is 13.7 Å². The Kier molecular flexibility index (Phi) is 7.77. The molecule has 9 atom stereocenters. The van der Waals surface area contributed by atoms with Gasteiger partial charge >= 0.3 is 0 Å². The molecule has 0 aromatic heterocycles. The summed E-state index contributed by atoms with van der Waals surface area (Å²) in [6.07, 6.45) is 7.27. The third kappa shape index (κ3) is 4.92. The maximum absolute atomic E-state index is 12.0. The van der Waals surface area contributed by atoms with E-state index >= 15 is 0 Å². The second-order valence-corrected chi connectivity index (χ2v) is 23.8. The molecular formula is C28H53NO5Si2. The van der Waals surface area contributed by atoms with Gasteiger partial charge in [0.2, 0.25) is 0 Å². The van der Waals surface area contributed by atoms with Crippen LogP contribution in [0.2, 0.25) is 39.3 Å². The van der Waals surface area contributed by atoms with Crippen LogP contribution in [0.5, 0.6) is 0 Å². The molecular weight excluding hydrogens is 486 g/mol. The minimum absolute atomic E-state index is 0.109. The Morgan fingerprint density at radius 3 is 2.25 bits per heavy atom. The van der Waals surface area contributed by atoms with Crippen LogP contribution in [0.15, 0.2) is 5.16 Å². The predicted molar refractivity (Wildman–Crippen MR) is 150 cm³/mol. The molecule has 3 unspecified atom stereocenters. The summed E-state index contributed by atoms with van der Waals surface area (Å²) in [6, 6.07) is 0. The van der Waals surface area contributed by atoms with E-state index in [-0.39, 0.29) is 23.0 Å². The smallest absolute Gasteiger partial charge is 0.185 e. The molecule has 4 rings (SSSR count). The zero-order valence-electron chi connectivity index (χ0n) is 24.4. The van der Waals surface area contributed by atoms with E-state index < -0.39 is 22.2 Å². The zero-order valence-corrected chi connectivity index (χ0v) is 26.4. The maximum atomic E-state index is 12.0. The molecule has 8 heteroatoms. The van der Waals surface area contributed by atoms with Gasteiger partial charge in [0.05, 0.1) is 18.8 Å². The van der Waals surface area contributed by atoms with Crippen LogP contribution in [0.25, 0.3) is 0 Å². The molecule has 0 spiro atoms. The molecule has 0 aromatic carbocycles. The first kappa shape index (κ1) is 28.7. The summed E-state index contributed by atoms with van der Waals surface area (Å²) in [6.45, 7) is 18.6. The SMILES string of the molecule is CO/N=C(\CO[Si](C)(C)C)[C@@]1(O[Si](C)(C)C)CC[C@H]2[C@@H]3CCC4CC(O)CC[C@]4(C)[C@H]3C(O)C[C@@]21C. The third-order valence-corrected chi connectivity index (χ3v) is 12.5. The van der Waals surface area contributed by atoms with Crippen molar-refractivity contribution in [2.75, 3.05) is 13.7 Å². The standard InChI is InChI=1S/C28H53NO5Si2/c1-26-14-12-20(30)16-19(26)10-11-21-22-13-15-28(34-36(7,8)9,27(22,2)17-23(31)25(21)26)24(29-32-3)18-33-35(4,5)6/h19-23,25,30-31H,10-18H2,1-9H3/b29-24+/t19?,20?,21-,22-,23?,25+,26-,27-,28-/m0/s1. The minimum atomic E-state index is -1.99. The molecule has 0 saturated heterocycles. The molecule has 36 heavy (non-hydrogen) atoms. The van der Waals surface area contributed by atoms with Gasteiger partial charge in [-0.3, -0.25) is 0 Å². The topological polar surface area (TPSA) is 80.5 Å². The molecule has 0 amide bonds. The quantitative estimate of drug-likeness (QED) is 0.243. The lowest BCUT2D eigenvalue weighted by molar-refractivity contribution is -0.188. The number of nitrogens with zero attached hydrogens (tertiary/aromatic N) is 1. The van der Waals surface area contributed by atoms with Crippen LogP contribution >= 0.6 is 0 Å². The summed E-state index contributed by atoms with van der Waals surface area (Å²) >= 11 is 0. The molecule has 6 nitrogen and oxygen atoms in total. The molecule has 2 N–H and O–H groups in total. The highest BCUT2D eigenvalue weighted by atomic mass is 28.4. The molecule has 4 aliphatic rings. The molecule has 0 radical (unpaired) electrons. The van der Waals surface area contributed by atoms with E-state index in [9.17, 15) is 10.2 Å². The number of aliphatic hydroxyl groups excluding tert-OH is 2. The van der Waals surface area contributed by atoms with E-state index in [1.54, 1.807) is 7.11 Å². The lowest BCUT2D eigenvalue weighted by Crippen LogP contribution is -2.65. The van der Waals surface area contributed by atoms with Crippen molar-refractivity contribution in [1.29, 1.82) is 0 Å². The fourth-order valence-electron chi connectivity index (χ4n) is 9.18. The molecule has 0 aliphatic heterocycles. The van der Waals surface area contributed by atoms with E-state index in [2.05, 4.69) is 58.3 Å². The van der Waals surface area contributed by atoms with Crippen molar-refractivity contribution in [3.8, 4) is 0 Å². The largest absolute Gasteiger partial charge is 0.412 e. The van der Waals surface area contributed by atoms with Crippen LogP contribution in [0.4, 0.5) is 0 Å². The second-order valence-electron chi connectivity index (χ2n) is 14.9. The predicted octanol–water partition coefficient (Wildman–Crippen LogP) is 5.81. The van der Waals surface area contributed by atoms with Crippen LogP contribution in [0.3, 0.4) is 0 Å².